The molecule has 0 amide bonds. The van der Waals surface area contributed by atoms with Crippen LogP contribution in [0.3, 0.4) is 0 Å². The summed E-state index contributed by atoms with van der Waals surface area (Å²) in [4.78, 5) is 10.6. The van der Waals surface area contributed by atoms with Crippen LogP contribution in [0.15, 0.2) is 48.5 Å². The van der Waals surface area contributed by atoms with Gasteiger partial charge in [0, 0.05) is 87.0 Å². The standard InChI is InChI=1S/C30H44Cl2N4S2.4ClH/c31-29-9-5-27(6-10-29)3-1-13-33-15-19-35(20-16-33)23-25-37-38-26-24-36-21-17-34(18-22-36)14-2-4-28-7-11-30(32)12-8-28;;;;/h5-12H,1-4,13-26H2;4*1H. The lowest BCUT2D eigenvalue weighted by atomic mass is 10.1. The molecule has 2 aromatic carbocycles. The maximum absolute atomic E-state index is 5.99. The van der Waals surface area contributed by atoms with Crippen LogP contribution < -0.4 is 0 Å². The predicted molar refractivity (Wildman–Crippen MR) is 199 cm³/mol. The number of aryl methyl sites for hydroxylation is 2. The summed E-state index contributed by atoms with van der Waals surface area (Å²) in [5, 5.41) is 1.65. The van der Waals surface area contributed by atoms with Crippen LogP contribution in [0.1, 0.15) is 24.0 Å². The third-order valence-corrected chi connectivity index (χ3v) is 10.6. The van der Waals surface area contributed by atoms with Crippen molar-refractivity contribution in [3.63, 3.8) is 0 Å². The SMILES string of the molecule is Cl.Cl.Cl.Cl.Clc1ccc(CCCN2CCN(CCSSCCN3CCN(CCCc4ccc(Cl)cc4)CC3)CC2)cc1. The Morgan fingerprint density at radius 2 is 0.738 bits per heavy atom. The molecule has 2 fully saturated rings. The molecule has 4 rings (SSSR count). The zero-order chi connectivity index (χ0) is 26.4. The molecule has 0 N–H and O–H groups in total. The van der Waals surface area contributed by atoms with Gasteiger partial charge in [-0.15, -0.1) is 49.6 Å². The monoisotopic (exact) mass is 738 g/mol. The van der Waals surface area contributed by atoms with Crippen molar-refractivity contribution in [2.75, 3.05) is 90.0 Å². The second-order valence-corrected chi connectivity index (χ2v) is 14.0. The highest BCUT2D eigenvalue weighted by Crippen LogP contribution is 2.22. The van der Waals surface area contributed by atoms with Gasteiger partial charge >= 0.3 is 0 Å². The fourth-order valence-electron chi connectivity index (χ4n) is 5.24. The molecule has 0 radical (unpaired) electrons. The molecule has 242 valence electrons. The Labute approximate surface area is 297 Å². The molecule has 2 heterocycles. The van der Waals surface area contributed by atoms with Crippen LogP contribution in [-0.2, 0) is 12.8 Å². The van der Waals surface area contributed by atoms with Crippen LogP contribution in [0.25, 0.3) is 0 Å². The van der Waals surface area contributed by atoms with Crippen LogP contribution in [0.4, 0.5) is 0 Å². The quantitative estimate of drug-likeness (QED) is 0.135. The van der Waals surface area contributed by atoms with Gasteiger partial charge in [0.15, 0.2) is 0 Å². The summed E-state index contributed by atoms with van der Waals surface area (Å²) in [6.45, 7) is 14.6. The average Bonchev–Trinajstić information content (AvgIpc) is 2.94. The van der Waals surface area contributed by atoms with Crippen molar-refractivity contribution in [1.29, 1.82) is 0 Å². The first-order valence-corrected chi connectivity index (χ1v) is 17.5. The van der Waals surface area contributed by atoms with Gasteiger partial charge in [-0.3, -0.25) is 9.80 Å². The number of benzene rings is 2. The summed E-state index contributed by atoms with van der Waals surface area (Å²) in [5.74, 6) is 2.48. The van der Waals surface area contributed by atoms with Gasteiger partial charge in [-0.2, -0.15) is 0 Å². The second-order valence-electron chi connectivity index (χ2n) is 10.5. The van der Waals surface area contributed by atoms with E-state index < -0.39 is 0 Å². The lowest BCUT2D eigenvalue weighted by Crippen LogP contribution is -2.47. The van der Waals surface area contributed by atoms with Gasteiger partial charge in [0.25, 0.3) is 0 Å². The van der Waals surface area contributed by atoms with E-state index in [1.54, 1.807) is 0 Å². The molecule has 12 heteroatoms. The summed E-state index contributed by atoms with van der Waals surface area (Å²) in [6.07, 6.45) is 4.75. The lowest BCUT2D eigenvalue weighted by molar-refractivity contribution is 0.137. The molecule has 0 saturated carbocycles. The maximum atomic E-state index is 5.99. The van der Waals surface area contributed by atoms with Crippen LogP contribution in [0.2, 0.25) is 10.0 Å². The van der Waals surface area contributed by atoms with E-state index in [1.807, 2.05) is 24.3 Å². The van der Waals surface area contributed by atoms with Gasteiger partial charge in [-0.25, -0.2) is 0 Å². The van der Waals surface area contributed by atoms with Crippen molar-refractivity contribution in [1.82, 2.24) is 19.6 Å². The number of piperazine rings is 2. The molecular formula is C30H48Cl6N4S2. The third kappa shape index (κ3) is 16.9. The highest BCUT2D eigenvalue weighted by Gasteiger charge is 2.17. The van der Waals surface area contributed by atoms with Gasteiger partial charge in [0.05, 0.1) is 0 Å². The molecule has 0 spiro atoms. The summed E-state index contributed by atoms with van der Waals surface area (Å²) in [5.41, 5.74) is 2.79. The Hall–Kier alpha value is 0.720. The fourth-order valence-corrected chi connectivity index (χ4v) is 7.55. The van der Waals surface area contributed by atoms with E-state index in [0.29, 0.717) is 0 Å². The number of rotatable bonds is 15. The first-order valence-electron chi connectivity index (χ1n) is 14.3. The minimum atomic E-state index is 0. The van der Waals surface area contributed by atoms with Crippen LogP contribution in [-0.4, -0.2) is 110 Å². The molecule has 2 aliphatic rings. The fraction of sp³-hybridized carbons (Fsp3) is 0.600. The van der Waals surface area contributed by atoms with E-state index in [0.717, 1.165) is 22.9 Å². The van der Waals surface area contributed by atoms with Crippen molar-refractivity contribution >= 4 is 94.4 Å². The minimum Gasteiger partial charge on any atom is -0.301 e. The molecule has 0 aliphatic carbocycles. The topological polar surface area (TPSA) is 13.0 Å². The van der Waals surface area contributed by atoms with Crippen LogP contribution in [0.5, 0.6) is 0 Å². The minimum absolute atomic E-state index is 0. The first-order chi connectivity index (χ1) is 18.6. The number of halogens is 6. The Morgan fingerprint density at radius 1 is 0.452 bits per heavy atom. The summed E-state index contributed by atoms with van der Waals surface area (Å²) in [6, 6.07) is 16.6. The van der Waals surface area contributed by atoms with E-state index in [9.17, 15) is 0 Å². The van der Waals surface area contributed by atoms with E-state index in [-0.39, 0.29) is 49.6 Å². The molecule has 2 saturated heterocycles. The van der Waals surface area contributed by atoms with E-state index in [1.165, 1.54) is 114 Å². The third-order valence-electron chi connectivity index (χ3n) is 7.70. The Morgan fingerprint density at radius 3 is 1.05 bits per heavy atom. The van der Waals surface area contributed by atoms with Crippen molar-refractivity contribution in [3.8, 4) is 0 Å². The highest BCUT2D eigenvalue weighted by atomic mass is 35.5. The van der Waals surface area contributed by atoms with Crippen molar-refractivity contribution in [3.05, 3.63) is 69.7 Å². The average molecular weight is 742 g/mol. The second kappa shape index (κ2) is 24.9. The Balaban J connectivity index is 0.00000420. The summed E-state index contributed by atoms with van der Waals surface area (Å²) in [7, 11) is 4.13. The summed E-state index contributed by atoms with van der Waals surface area (Å²) < 4.78 is 0. The van der Waals surface area contributed by atoms with Crippen LogP contribution in [0, 0.1) is 0 Å². The van der Waals surface area contributed by atoms with Gasteiger partial charge in [0.2, 0.25) is 0 Å². The normalized spacial score (nSPS) is 16.5. The molecule has 0 atom stereocenters. The molecule has 2 aromatic rings. The highest BCUT2D eigenvalue weighted by molar-refractivity contribution is 8.76. The van der Waals surface area contributed by atoms with Crippen LogP contribution >= 0.6 is 94.4 Å². The number of nitrogens with zero attached hydrogens (tertiary/aromatic N) is 4. The Bertz CT molecular complexity index is 838. The largest absolute Gasteiger partial charge is 0.301 e. The van der Waals surface area contributed by atoms with Gasteiger partial charge in [0.1, 0.15) is 0 Å². The van der Waals surface area contributed by atoms with Crippen molar-refractivity contribution in [2.45, 2.75) is 25.7 Å². The lowest BCUT2D eigenvalue weighted by Gasteiger charge is -2.35. The van der Waals surface area contributed by atoms with Crippen molar-refractivity contribution < 1.29 is 0 Å². The van der Waals surface area contributed by atoms with E-state index in [4.69, 9.17) is 23.2 Å². The molecule has 0 unspecified atom stereocenters. The zero-order valence-electron chi connectivity index (χ0n) is 24.3. The van der Waals surface area contributed by atoms with Gasteiger partial charge in [-0.05, 0) is 74.2 Å². The van der Waals surface area contributed by atoms with Gasteiger partial charge in [-0.1, -0.05) is 69.1 Å². The molecule has 4 nitrogen and oxygen atoms in total. The zero-order valence-corrected chi connectivity index (χ0v) is 30.8. The first kappa shape index (κ1) is 42.7. The molecular weight excluding hydrogens is 693 g/mol. The predicted octanol–water partition coefficient (Wildman–Crippen LogP) is 7.86. The van der Waals surface area contributed by atoms with E-state index in [2.05, 4.69) is 65.5 Å². The number of hydrogen-bond donors (Lipinski definition) is 0. The van der Waals surface area contributed by atoms with Crippen molar-refractivity contribution in [2.24, 2.45) is 0 Å². The molecule has 0 aromatic heterocycles. The Kier molecular flexibility index (Phi) is 25.3. The number of hydrogen-bond acceptors (Lipinski definition) is 6. The van der Waals surface area contributed by atoms with E-state index >= 15 is 0 Å². The molecule has 0 bridgehead atoms. The molecule has 2 aliphatic heterocycles. The van der Waals surface area contributed by atoms with Gasteiger partial charge < -0.3 is 9.80 Å². The smallest absolute Gasteiger partial charge is 0.0406 e. The maximum Gasteiger partial charge on any atom is 0.0406 e. The summed E-state index contributed by atoms with van der Waals surface area (Å²) >= 11 is 12.0. The molecule has 42 heavy (non-hydrogen) atoms.